The summed E-state index contributed by atoms with van der Waals surface area (Å²) < 4.78 is 5.87. The summed E-state index contributed by atoms with van der Waals surface area (Å²) in [7, 11) is 0. The van der Waals surface area contributed by atoms with Gasteiger partial charge in [-0.15, -0.1) is 0 Å². The molecule has 2 aliphatic rings. The normalized spacial score (nSPS) is 30.1. The number of nitrogens with zero attached hydrogens (tertiary/aromatic N) is 1. The molecule has 1 aliphatic carbocycles. The van der Waals surface area contributed by atoms with E-state index >= 15 is 0 Å². The Hall–Kier alpha value is -0.120. The predicted octanol–water partition coefficient (Wildman–Crippen LogP) is 3.44. The van der Waals surface area contributed by atoms with E-state index < -0.39 is 0 Å². The Morgan fingerprint density at radius 2 is 1.90 bits per heavy atom. The van der Waals surface area contributed by atoms with Crippen LogP contribution in [0.15, 0.2) is 0 Å². The van der Waals surface area contributed by atoms with Gasteiger partial charge in [0.05, 0.1) is 6.61 Å². The molecule has 0 bridgehead atoms. The molecule has 3 heteroatoms. The van der Waals surface area contributed by atoms with Crippen molar-refractivity contribution < 1.29 is 4.74 Å². The number of ether oxygens (including phenoxy) is 1. The van der Waals surface area contributed by atoms with E-state index in [-0.39, 0.29) is 5.54 Å². The highest BCUT2D eigenvalue weighted by atomic mass is 16.5. The van der Waals surface area contributed by atoms with Crippen molar-refractivity contribution in [3.05, 3.63) is 0 Å². The zero-order valence-corrected chi connectivity index (χ0v) is 14.7. The van der Waals surface area contributed by atoms with Crippen LogP contribution in [0.5, 0.6) is 0 Å². The van der Waals surface area contributed by atoms with Crippen LogP contribution in [0.1, 0.15) is 66.2 Å². The maximum Gasteiger partial charge on any atom is 0.0593 e. The van der Waals surface area contributed by atoms with Crippen LogP contribution < -0.4 is 5.32 Å². The van der Waals surface area contributed by atoms with E-state index in [1.54, 1.807) is 0 Å². The molecule has 1 heterocycles. The van der Waals surface area contributed by atoms with Crippen molar-refractivity contribution in [1.29, 1.82) is 0 Å². The molecular weight excluding hydrogens is 260 g/mol. The fourth-order valence-electron chi connectivity index (χ4n) is 3.88. The van der Waals surface area contributed by atoms with Gasteiger partial charge in [-0.25, -0.2) is 0 Å². The van der Waals surface area contributed by atoms with Gasteiger partial charge in [0.15, 0.2) is 0 Å². The first-order valence-electron chi connectivity index (χ1n) is 9.07. The molecule has 1 spiro atoms. The van der Waals surface area contributed by atoms with E-state index in [0.29, 0.717) is 11.5 Å². The van der Waals surface area contributed by atoms with Crippen LogP contribution in [0.4, 0.5) is 0 Å². The molecule has 1 aliphatic heterocycles. The van der Waals surface area contributed by atoms with Gasteiger partial charge >= 0.3 is 0 Å². The first-order valence-corrected chi connectivity index (χ1v) is 9.07. The number of rotatable bonds is 6. The molecule has 1 saturated heterocycles. The number of hydrogen-bond donors (Lipinski definition) is 1. The second-order valence-electron chi connectivity index (χ2n) is 7.94. The van der Waals surface area contributed by atoms with Gasteiger partial charge < -0.3 is 10.1 Å². The van der Waals surface area contributed by atoms with Crippen LogP contribution in [-0.4, -0.2) is 48.8 Å². The van der Waals surface area contributed by atoms with Gasteiger partial charge in [0.25, 0.3) is 0 Å². The van der Waals surface area contributed by atoms with Crippen molar-refractivity contribution in [3.8, 4) is 0 Å². The summed E-state index contributed by atoms with van der Waals surface area (Å²) in [5.41, 5.74) is 0.689. The molecule has 0 radical (unpaired) electrons. The summed E-state index contributed by atoms with van der Waals surface area (Å²) in [6.07, 6.45) is 8.15. The highest BCUT2D eigenvalue weighted by Gasteiger charge is 2.45. The highest BCUT2D eigenvalue weighted by Crippen LogP contribution is 2.37. The zero-order chi connectivity index (χ0) is 15.3. The molecule has 0 amide bonds. The van der Waals surface area contributed by atoms with Gasteiger partial charge in [0.1, 0.15) is 0 Å². The summed E-state index contributed by atoms with van der Waals surface area (Å²) >= 11 is 0. The lowest BCUT2D eigenvalue weighted by Gasteiger charge is -2.55. The maximum atomic E-state index is 5.87. The quantitative estimate of drug-likeness (QED) is 0.760. The van der Waals surface area contributed by atoms with Crippen molar-refractivity contribution in [2.75, 3.05) is 32.8 Å². The second kappa shape index (κ2) is 7.43. The van der Waals surface area contributed by atoms with E-state index in [1.807, 2.05) is 0 Å². The minimum atomic E-state index is 0.279. The Balaban J connectivity index is 1.95. The van der Waals surface area contributed by atoms with Crippen LogP contribution in [0.25, 0.3) is 0 Å². The third kappa shape index (κ3) is 4.43. The van der Waals surface area contributed by atoms with Crippen molar-refractivity contribution in [2.24, 2.45) is 5.92 Å². The second-order valence-corrected chi connectivity index (χ2v) is 7.94. The molecule has 124 valence electrons. The summed E-state index contributed by atoms with van der Waals surface area (Å²) in [6, 6.07) is 0. The Morgan fingerprint density at radius 3 is 2.52 bits per heavy atom. The van der Waals surface area contributed by atoms with Crippen molar-refractivity contribution in [3.63, 3.8) is 0 Å². The summed E-state index contributed by atoms with van der Waals surface area (Å²) in [6.45, 7) is 14.4. The summed E-state index contributed by atoms with van der Waals surface area (Å²) in [4.78, 5) is 2.77. The van der Waals surface area contributed by atoms with E-state index in [0.717, 1.165) is 19.8 Å². The molecule has 1 saturated carbocycles. The lowest BCUT2D eigenvalue weighted by Crippen LogP contribution is -2.69. The minimum absolute atomic E-state index is 0.279. The highest BCUT2D eigenvalue weighted by molar-refractivity contribution is 5.04. The smallest absolute Gasteiger partial charge is 0.0593 e. The topological polar surface area (TPSA) is 24.5 Å². The molecule has 2 rings (SSSR count). The van der Waals surface area contributed by atoms with Crippen molar-refractivity contribution >= 4 is 0 Å². The van der Waals surface area contributed by atoms with Crippen LogP contribution >= 0.6 is 0 Å². The predicted molar refractivity (Wildman–Crippen MR) is 89.7 cm³/mol. The fourth-order valence-corrected chi connectivity index (χ4v) is 3.88. The van der Waals surface area contributed by atoms with Crippen molar-refractivity contribution in [2.45, 2.75) is 77.3 Å². The first kappa shape index (κ1) is 17.2. The molecule has 0 aromatic rings. The third-order valence-electron chi connectivity index (χ3n) is 5.58. The Kier molecular flexibility index (Phi) is 6.10. The molecule has 0 aromatic heterocycles. The molecular formula is C18H36N2O. The number of hydrogen-bond acceptors (Lipinski definition) is 3. The van der Waals surface area contributed by atoms with Crippen LogP contribution in [0, 0.1) is 5.92 Å². The zero-order valence-electron chi connectivity index (χ0n) is 14.7. The average Bonchev–Trinajstić information content (AvgIpc) is 2.48. The van der Waals surface area contributed by atoms with Gasteiger partial charge in [0, 0.05) is 37.3 Å². The average molecular weight is 296 g/mol. The van der Waals surface area contributed by atoms with E-state index in [4.69, 9.17) is 4.74 Å². The molecule has 1 N–H and O–H groups in total. The standard InChI is InChI=1S/C18H36N2O/c1-5-17(4)15-20(11-12-21-13-16(2)3)18(14-19-17)9-7-6-8-10-18/h16,19H,5-15H2,1-4H3. The van der Waals surface area contributed by atoms with Crippen LogP contribution in [0.2, 0.25) is 0 Å². The number of piperazine rings is 1. The molecule has 2 fully saturated rings. The molecule has 0 aromatic carbocycles. The van der Waals surface area contributed by atoms with Gasteiger partial charge in [0.2, 0.25) is 0 Å². The summed E-state index contributed by atoms with van der Waals surface area (Å²) in [5.74, 6) is 0.637. The van der Waals surface area contributed by atoms with E-state index in [2.05, 4.69) is 37.9 Å². The lowest BCUT2D eigenvalue weighted by atomic mass is 9.76. The van der Waals surface area contributed by atoms with Gasteiger partial charge in [-0.1, -0.05) is 40.0 Å². The maximum absolute atomic E-state index is 5.87. The van der Waals surface area contributed by atoms with Gasteiger partial charge in [-0.05, 0) is 32.1 Å². The number of nitrogens with one attached hydrogen (secondary N) is 1. The lowest BCUT2D eigenvalue weighted by molar-refractivity contribution is -0.0339. The van der Waals surface area contributed by atoms with Crippen LogP contribution in [-0.2, 0) is 4.74 Å². The molecule has 1 unspecified atom stereocenters. The Morgan fingerprint density at radius 1 is 1.19 bits per heavy atom. The Labute approximate surface area is 131 Å². The minimum Gasteiger partial charge on any atom is -0.380 e. The SMILES string of the molecule is CCC1(C)CN(CCOCC(C)C)C2(CCCCC2)CN1. The molecule has 3 nitrogen and oxygen atoms in total. The largest absolute Gasteiger partial charge is 0.380 e. The molecule has 21 heavy (non-hydrogen) atoms. The fraction of sp³-hybridized carbons (Fsp3) is 1.00. The van der Waals surface area contributed by atoms with Crippen LogP contribution in [0.3, 0.4) is 0 Å². The molecule has 1 atom stereocenters. The van der Waals surface area contributed by atoms with E-state index in [1.165, 1.54) is 51.6 Å². The first-order chi connectivity index (χ1) is 10.00. The van der Waals surface area contributed by atoms with Gasteiger partial charge in [-0.3, -0.25) is 4.90 Å². The van der Waals surface area contributed by atoms with Crippen molar-refractivity contribution in [1.82, 2.24) is 10.2 Å². The third-order valence-corrected chi connectivity index (χ3v) is 5.58. The van der Waals surface area contributed by atoms with E-state index in [9.17, 15) is 0 Å². The Bertz CT molecular complexity index is 312. The monoisotopic (exact) mass is 296 g/mol. The summed E-state index contributed by atoms with van der Waals surface area (Å²) in [5, 5.41) is 3.86. The van der Waals surface area contributed by atoms with Gasteiger partial charge in [-0.2, -0.15) is 0 Å².